The number of nitrogens with zero attached hydrogens (tertiary/aromatic N) is 2. The highest BCUT2D eigenvalue weighted by molar-refractivity contribution is 7.91. The number of fused-ring (bicyclic) bond motifs is 1. The molecule has 1 atom stereocenters. The highest BCUT2D eigenvalue weighted by Gasteiger charge is 2.25. The first-order chi connectivity index (χ1) is 16.2. The third kappa shape index (κ3) is 6.91. The zero-order valence-corrected chi connectivity index (χ0v) is 20.3. The number of aryl methyl sites for hydroxylation is 1. The van der Waals surface area contributed by atoms with Crippen LogP contribution >= 0.6 is 0 Å². The van der Waals surface area contributed by atoms with Gasteiger partial charge in [0.15, 0.2) is 15.6 Å². The minimum absolute atomic E-state index is 0.0753. The van der Waals surface area contributed by atoms with Crippen LogP contribution in [-0.4, -0.2) is 57.9 Å². The number of hydrogen-bond donors (Lipinski definition) is 4. The summed E-state index contributed by atoms with van der Waals surface area (Å²) >= 11 is 0. The van der Waals surface area contributed by atoms with Crippen LogP contribution in [0.3, 0.4) is 0 Å². The molecule has 0 bridgehead atoms. The van der Waals surface area contributed by atoms with Crippen molar-refractivity contribution in [1.82, 2.24) is 0 Å². The number of hydrogen-bond acceptors (Lipinski definition) is 11. The number of phenols is 1. The van der Waals surface area contributed by atoms with E-state index in [0.29, 0.717) is 18.4 Å². The first kappa shape index (κ1) is 26.9. The van der Waals surface area contributed by atoms with Crippen LogP contribution in [-0.2, 0) is 41.0 Å². The molecule has 3 rings (SSSR count). The van der Waals surface area contributed by atoms with Crippen molar-refractivity contribution in [3.05, 3.63) is 47.5 Å². The molecule has 0 aromatic heterocycles. The first-order valence-electron chi connectivity index (χ1n) is 9.84. The number of nitrogens with two attached hydrogens (primary N) is 1. The van der Waals surface area contributed by atoms with Gasteiger partial charge in [0.25, 0.3) is 10.1 Å². The molecule has 0 saturated heterocycles. The molecular formula is C19H21N3O10S3. The summed E-state index contributed by atoms with van der Waals surface area (Å²) in [7, 11) is -13.5. The molecule has 0 spiro atoms. The molecule has 0 amide bonds. The highest BCUT2D eigenvalue weighted by Crippen LogP contribution is 2.41. The second-order valence-corrected chi connectivity index (χ2v) is 12.0. The van der Waals surface area contributed by atoms with Crippen LogP contribution in [0.2, 0.25) is 0 Å². The van der Waals surface area contributed by atoms with Gasteiger partial charge in [-0.15, -0.1) is 5.11 Å². The Morgan fingerprint density at radius 3 is 2.29 bits per heavy atom. The molecule has 5 N–H and O–H groups in total. The first-order valence-corrected chi connectivity index (χ1v) is 14.3. The predicted molar refractivity (Wildman–Crippen MR) is 123 cm³/mol. The topological polar surface area (TPSA) is 223 Å². The molecular weight excluding hydrogens is 526 g/mol. The maximum Gasteiger partial charge on any atom is 0.397 e. The van der Waals surface area contributed by atoms with Gasteiger partial charge in [-0.2, -0.15) is 21.9 Å². The van der Waals surface area contributed by atoms with E-state index in [1.807, 2.05) is 0 Å². The fourth-order valence-electron chi connectivity index (χ4n) is 3.22. The monoisotopic (exact) mass is 547 g/mol. The van der Waals surface area contributed by atoms with Crippen molar-refractivity contribution >= 4 is 47.8 Å². The van der Waals surface area contributed by atoms with E-state index in [4.69, 9.17) is 10.3 Å². The van der Waals surface area contributed by atoms with Crippen LogP contribution in [0.1, 0.15) is 17.5 Å². The molecule has 13 nitrogen and oxygen atoms in total. The number of phenolic OH excluding ortho intramolecular Hbond substituents is 1. The zero-order chi connectivity index (χ0) is 26.0. The summed E-state index contributed by atoms with van der Waals surface area (Å²) in [6.07, 6.45) is 4.01. The molecule has 1 unspecified atom stereocenters. The summed E-state index contributed by atoms with van der Waals surface area (Å²) in [5.41, 5.74) is 6.19. The zero-order valence-electron chi connectivity index (χ0n) is 17.8. The minimum atomic E-state index is -4.79. The van der Waals surface area contributed by atoms with Crippen molar-refractivity contribution in [3.8, 4) is 5.75 Å². The fraction of sp³-hybridized carbons (Fsp3) is 0.263. The van der Waals surface area contributed by atoms with Gasteiger partial charge in [0.2, 0.25) is 0 Å². The van der Waals surface area contributed by atoms with Crippen LogP contribution in [0.4, 0.5) is 11.4 Å². The fourth-order valence-corrected chi connectivity index (χ4v) is 5.38. The van der Waals surface area contributed by atoms with Gasteiger partial charge in [-0.05, 0) is 48.7 Å². The van der Waals surface area contributed by atoms with E-state index in [0.717, 1.165) is 12.1 Å². The Labute approximate surface area is 201 Å². The normalized spacial score (nSPS) is 16.8. The molecule has 1 aliphatic rings. The van der Waals surface area contributed by atoms with Gasteiger partial charge in [0.1, 0.15) is 10.6 Å². The van der Waals surface area contributed by atoms with Gasteiger partial charge in [-0.1, -0.05) is 12.2 Å². The quantitative estimate of drug-likeness (QED) is 0.276. The van der Waals surface area contributed by atoms with Crippen LogP contribution in [0, 0.1) is 0 Å². The Morgan fingerprint density at radius 2 is 1.69 bits per heavy atom. The second-order valence-electron chi connectivity index (χ2n) is 7.44. The van der Waals surface area contributed by atoms with E-state index in [9.17, 15) is 34.9 Å². The minimum Gasteiger partial charge on any atom is -0.505 e. The lowest BCUT2D eigenvalue weighted by Gasteiger charge is -2.12. The number of benzene rings is 2. The van der Waals surface area contributed by atoms with Crippen LogP contribution < -0.4 is 5.73 Å². The van der Waals surface area contributed by atoms with Crippen LogP contribution in [0.15, 0.2) is 56.4 Å². The average molecular weight is 548 g/mol. The molecule has 0 radical (unpaired) electrons. The van der Waals surface area contributed by atoms with Crippen LogP contribution in [0.25, 0.3) is 6.08 Å². The predicted octanol–water partition coefficient (Wildman–Crippen LogP) is 1.93. The highest BCUT2D eigenvalue weighted by atomic mass is 32.3. The molecule has 0 aliphatic heterocycles. The van der Waals surface area contributed by atoms with Crippen molar-refractivity contribution in [2.24, 2.45) is 16.0 Å². The van der Waals surface area contributed by atoms with Crippen molar-refractivity contribution < 1.29 is 43.6 Å². The molecule has 0 saturated carbocycles. The average Bonchev–Trinajstić information content (AvgIpc) is 2.93. The summed E-state index contributed by atoms with van der Waals surface area (Å²) < 4.78 is 91.6. The number of sulfone groups is 1. The van der Waals surface area contributed by atoms with Gasteiger partial charge >= 0.3 is 10.4 Å². The smallest absolute Gasteiger partial charge is 0.397 e. The number of azo groups is 1. The maximum atomic E-state index is 12.2. The van der Waals surface area contributed by atoms with Gasteiger partial charge in [-0.3, -0.25) is 9.11 Å². The Kier molecular flexibility index (Phi) is 7.75. The number of aromatic hydroxyl groups is 1. The lowest BCUT2D eigenvalue weighted by atomic mass is 10.0. The van der Waals surface area contributed by atoms with Crippen molar-refractivity contribution in [1.29, 1.82) is 0 Å². The van der Waals surface area contributed by atoms with E-state index in [2.05, 4.69) is 14.4 Å². The lowest BCUT2D eigenvalue weighted by molar-refractivity contribution is 0.284. The van der Waals surface area contributed by atoms with E-state index < -0.39 is 59.0 Å². The molecule has 35 heavy (non-hydrogen) atoms. The Hall–Kier alpha value is -2.73. The van der Waals surface area contributed by atoms with Crippen LogP contribution in [0.5, 0.6) is 5.75 Å². The van der Waals surface area contributed by atoms with E-state index in [-0.39, 0.29) is 22.2 Å². The van der Waals surface area contributed by atoms with E-state index >= 15 is 0 Å². The second kappa shape index (κ2) is 10.1. The number of rotatable bonds is 8. The van der Waals surface area contributed by atoms with E-state index in [1.54, 1.807) is 6.08 Å². The molecule has 16 heteroatoms. The molecule has 190 valence electrons. The summed E-state index contributed by atoms with van der Waals surface area (Å²) in [6.45, 7) is -0.794. The molecule has 2 aromatic carbocycles. The van der Waals surface area contributed by atoms with Gasteiger partial charge in [0, 0.05) is 11.6 Å². The van der Waals surface area contributed by atoms with E-state index in [1.165, 1.54) is 24.3 Å². The SMILES string of the molecule is NC1C=Cc2c(cc(S(=O)(=O)O)c(N=Nc3ccc(S(=O)(=O)CCOS(=O)(=O)O)cc3)c2O)CC1. The van der Waals surface area contributed by atoms with Crippen molar-refractivity contribution in [2.75, 3.05) is 12.4 Å². The summed E-state index contributed by atoms with van der Waals surface area (Å²) in [4.78, 5) is -0.859. The molecule has 0 heterocycles. The third-order valence-corrected chi connectivity index (χ3v) is 7.97. The summed E-state index contributed by atoms with van der Waals surface area (Å²) in [5, 5.41) is 18.3. The largest absolute Gasteiger partial charge is 0.505 e. The summed E-state index contributed by atoms with van der Waals surface area (Å²) in [6, 6.07) is 5.62. The Morgan fingerprint density at radius 1 is 1.03 bits per heavy atom. The maximum absolute atomic E-state index is 12.2. The Balaban J connectivity index is 1.92. The molecule has 1 aliphatic carbocycles. The van der Waals surface area contributed by atoms with Crippen molar-refractivity contribution in [3.63, 3.8) is 0 Å². The standard InChI is InChI=1S/C19H21N3O10S3/c20-13-2-1-12-11-17(34(26,27)28)18(19(23)16(12)8-3-13)22-21-14-4-6-15(7-5-14)33(24,25)10-9-32-35(29,30)31/h3-8,11,13,23H,1-2,9-10,20H2,(H,26,27,28)(H,29,30,31). The lowest BCUT2D eigenvalue weighted by Crippen LogP contribution is -2.16. The third-order valence-electron chi connectivity index (χ3n) is 4.94. The summed E-state index contributed by atoms with van der Waals surface area (Å²) in [5.74, 6) is -1.26. The molecule has 0 fully saturated rings. The van der Waals surface area contributed by atoms with Gasteiger partial charge < -0.3 is 10.8 Å². The van der Waals surface area contributed by atoms with Gasteiger partial charge in [-0.25, -0.2) is 12.6 Å². The molecule has 2 aromatic rings. The van der Waals surface area contributed by atoms with Gasteiger partial charge in [0.05, 0.1) is 22.9 Å². The van der Waals surface area contributed by atoms with Crippen molar-refractivity contribution in [2.45, 2.75) is 28.7 Å². The Bertz CT molecular complexity index is 1500.